The molecule has 0 fully saturated rings. The molecule has 2 aromatic rings. The highest BCUT2D eigenvalue weighted by Crippen LogP contribution is 2.48. The van der Waals surface area contributed by atoms with E-state index in [2.05, 4.69) is 58.3 Å². The number of pyridine rings is 2. The summed E-state index contributed by atoms with van der Waals surface area (Å²) in [5.74, 6) is 0.843. The van der Waals surface area contributed by atoms with Gasteiger partial charge in [-0.3, -0.25) is 14.7 Å². The maximum Gasteiger partial charge on any atom is 0.241 e. The number of halogens is 1. The molecule has 1 amide bonds. The summed E-state index contributed by atoms with van der Waals surface area (Å²) in [5, 5.41) is 0. The second-order valence-electron chi connectivity index (χ2n) is 8.65. The van der Waals surface area contributed by atoms with E-state index < -0.39 is 13.5 Å². The molecule has 2 aliphatic rings. The molecule has 7 heteroatoms. The van der Waals surface area contributed by atoms with Crippen molar-refractivity contribution in [1.29, 1.82) is 0 Å². The van der Waals surface area contributed by atoms with Crippen LogP contribution in [0.4, 0.5) is 5.82 Å². The predicted octanol–water partition coefficient (Wildman–Crippen LogP) is 3.78. The predicted molar refractivity (Wildman–Crippen MR) is 117 cm³/mol. The average Bonchev–Trinajstić information content (AvgIpc) is 3.09. The van der Waals surface area contributed by atoms with Gasteiger partial charge in [0.1, 0.15) is 12.5 Å². The van der Waals surface area contributed by atoms with Crippen LogP contribution in [0.2, 0.25) is 25.7 Å². The number of fused-ring (bicyclic) bond motifs is 3. The number of carbonyl (C=O) groups is 1. The number of ether oxygens (including phenoxy) is 1. The Morgan fingerprint density at radius 1 is 1.30 bits per heavy atom. The van der Waals surface area contributed by atoms with Gasteiger partial charge in [0.15, 0.2) is 0 Å². The van der Waals surface area contributed by atoms with Crippen LogP contribution in [-0.4, -0.2) is 37.3 Å². The fraction of sp³-hybridized carbons (Fsp3) is 0.450. The highest BCUT2D eigenvalue weighted by Gasteiger charge is 2.55. The quantitative estimate of drug-likeness (QED) is 0.362. The minimum absolute atomic E-state index is 0.0946. The fourth-order valence-electron chi connectivity index (χ4n) is 3.95. The van der Waals surface area contributed by atoms with Crippen molar-refractivity contribution in [2.24, 2.45) is 0 Å². The third-order valence-electron chi connectivity index (χ3n) is 5.42. The van der Waals surface area contributed by atoms with Crippen molar-refractivity contribution in [3.8, 4) is 0 Å². The van der Waals surface area contributed by atoms with E-state index in [1.165, 1.54) is 5.56 Å². The molecule has 3 heterocycles. The fourth-order valence-corrected chi connectivity index (χ4v) is 5.22. The molecule has 5 nitrogen and oxygen atoms in total. The lowest BCUT2D eigenvalue weighted by Crippen LogP contribution is -2.42. The first-order valence-electron chi connectivity index (χ1n) is 9.29. The molecule has 1 aliphatic heterocycles. The van der Waals surface area contributed by atoms with Crippen molar-refractivity contribution >= 4 is 42.4 Å². The molecule has 0 bridgehead atoms. The van der Waals surface area contributed by atoms with Crippen LogP contribution in [0.15, 0.2) is 30.6 Å². The lowest BCUT2D eigenvalue weighted by Gasteiger charge is -2.23. The van der Waals surface area contributed by atoms with Gasteiger partial charge in [-0.1, -0.05) is 25.7 Å². The lowest BCUT2D eigenvalue weighted by molar-refractivity contribution is -0.124. The van der Waals surface area contributed by atoms with E-state index in [1.54, 1.807) is 11.1 Å². The zero-order chi connectivity index (χ0) is 19.2. The van der Waals surface area contributed by atoms with Gasteiger partial charge < -0.3 is 4.74 Å². The van der Waals surface area contributed by atoms with Crippen LogP contribution in [0, 0.1) is 3.57 Å². The third kappa shape index (κ3) is 3.45. The summed E-state index contributed by atoms with van der Waals surface area (Å²) in [6.45, 7) is 7.94. The maximum atomic E-state index is 13.5. The molecule has 0 radical (unpaired) electrons. The Morgan fingerprint density at radius 2 is 2.11 bits per heavy atom. The summed E-state index contributed by atoms with van der Waals surface area (Å²) in [4.78, 5) is 24.4. The monoisotopic (exact) mass is 493 g/mol. The Labute approximate surface area is 174 Å². The van der Waals surface area contributed by atoms with E-state index in [4.69, 9.17) is 4.74 Å². The van der Waals surface area contributed by atoms with Gasteiger partial charge in [0.05, 0.1) is 5.41 Å². The molecule has 1 aliphatic carbocycles. The van der Waals surface area contributed by atoms with Gasteiger partial charge in [0, 0.05) is 48.3 Å². The van der Waals surface area contributed by atoms with Gasteiger partial charge in [0.25, 0.3) is 0 Å². The number of hydrogen-bond acceptors (Lipinski definition) is 4. The lowest BCUT2D eigenvalue weighted by atomic mass is 9.80. The van der Waals surface area contributed by atoms with Crippen molar-refractivity contribution in [3.05, 3.63) is 51.0 Å². The minimum atomic E-state index is -1.16. The second-order valence-corrected chi connectivity index (χ2v) is 15.5. The molecule has 0 N–H and O–H groups in total. The first-order valence-corrected chi connectivity index (χ1v) is 14.1. The van der Waals surface area contributed by atoms with Gasteiger partial charge in [-0.2, -0.15) is 0 Å². The highest BCUT2D eigenvalue weighted by atomic mass is 127. The SMILES string of the molecule is C[Si](C)(C)CCOCN1C(=O)C2(Cc3cc(I)cnc3C2)c2cccnc21. The summed E-state index contributed by atoms with van der Waals surface area (Å²) in [6, 6.07) is 7.19. The number of carbonyl (C=O) groups excluding carboxylic acids is 1. The van der Waals surface area contributed by atoms with E-state index in [-0.39, 0.29) is 12.6 Å². The normalized spacial score (nSPS) is 21.0. The van der Waals surface area contributed by atoms with Gasteiger partial charge in [-0.25, -0.2) is 4.98 Å². The molecule has 4 rings (SSSR count). The van der Waals surface area contributed by atoms with Gasteiger partial charge in [0.2, 0.25) is 5.91 Å². The summed E-state index contributed by atoms with van der Waals surface area (Å²) in [5.41, 5.74) is 2.63. The largest absolute Gasteiger partial charge is 0.361 e. The number of anilines is 1. The molecule has 0 saturated heterocycles. The van der Waals surface area contributed by atoms with E-state index in [1.807, 2.05) is 18.3 Å². The summed E-state index contributed by atoms with van der Waals surface area (Å²) >= 11 is 2.28. The molecule has 27 heavy (non-hydrogen) atoms. The Kier molecular flexibility index (Phi) is 4.88. The smallest absolute Gasteiger partial charge is 0.241 e. The van der Waals surface area contributed by atoms with Gasteiger partial charge >= 0.3 is 0 Å². The van der Waals surface area contributed by atoms with Crippen LogP contribution in [0.1, 0.15) is 16.8 Å². The van der Waals surface area contributed by atoms with Gasteiger partial charge in [-0.15, -0.1) is 0 Å². The zero-order valence-corrected chi connectivity index (χ0v) is 19.1. The van der Waals surface area contributed by atoms with Crippen molar-refractivity contribution in [2.75, 3.05) is 18.2 Å². The number of hydrogen-bond donors (Lipinski definition) is 0. The van der Waals surface area contributed by atoms with Crippen LogP contribution in [-0.2, 0) is 27.8 Å². The topological polar surface area (TPSA) is 55.3 Å². The zero-order valence-electron chi connectivity index (χ0n) is 16.0. The van der Waals surface area contributed by atoms with Crippen molar-refractivity contribution < 1.29 is 9.53 Å². The van der Waals surface area contributed by atoms with Crippen molar-refractivity contribution in [1.82, 2.24) is 9.97 Å². The number of amides is 1. The Bertz CT molecular complexity index is 899. The second kappa shape index (κ2) is 6.93. The van der Waals surface area contributed by atoms with E-state index in [0.717, 1.165) is 26.7 Å². The van der Waals surface area contributed by atoms with Crippen molar-refractivity contribution in [2.45, 2.75) is 43.9 Å². The Morgan fingerprint density at radius 3 is 2.89 bits per heavy atom. The van der Waals surface area contributed by atoms with Crippen LogP contribution in [0.25, 0.3) is 0 Å². The van der Waals surface area contributed by atoms with Crippen LogP contribution < -0.4 is 4.90 Å². The number of aromatic nitrogens is 2. The maximum absolute atomic E-state index is 13.5. The average molecular weight is 493 g/mol. The first-order chi connectivity index (χ1) is 12.8. The highest BCUT2D eigenvalue weighted by molar-refractivity contribution is 14.1. The summed E-state index contributed by atoms with van der Waals surface area (Å²) in [7, 11) is -1.16. The van der Waals surface area contributed by atoms with Crippen LogP contribution in [0.3, 0.4) is 0 Å². The van der Waals surface area contributed by atoms with E-state index in [0.29, 0.717) is 19.4 Å². The molecule has 1 spiro atoms. The molecule has 0 saturated carbocycles. The van der Waals surface area contributed by atoms with Crippen LogP contribution in [0.5, 0.6) is 0 Å². The minimum Gasteiger partial charge on any atom is -0.361 e. The molecular formula is C20H24IN3O2Si. The summed E-state index contributed by atoms with van der Waals surface area (Å²) in [6.07, 6.45) is 4.96. The molecule has 1 unspecified atom stereocenters. The number of nitrogens with zero attached hydrogens (tertiary/aromatic N) is 3. The molecule has 1 atom stereocenters. The summed E-state index contributed by atoms with van der Waals surface area (Å²) < 4.78 is 7.01. The van der Waals surface area contributed by atoms with Crippen molar-refractivity contribution in [3.63, 3.8) is 0 Å². The Hall–Kier alpha value is -1.32. The van der Waals surface area contributed by atoms with E-state index >= 15 is 0 Å². The van der Waals surface area contributed by atoms with E-state index in [9.17, 15) is 4.79 Å². The molecular weight excluding hydrogens is 469 g/mol. The molecule has 142 valence electrons. The molecule has 2 aromatic heterocycles. The van der Waals surface area contributed by atoms with Crippen LogP contribution >= 0.6 is 22.6 Å². The first kappa shape index (κ1) is 19.0. The van der Waals surface area contributed by atoms with Gasteiger partial charge in [-0.05, 0) is 52.8 Å². The third-order valence-corrected chi connectivity index (χ3v) is 7.71. The number of rotatable bonds is 5. The standard InChI is InChI=1S/C20H24IN3O2Si/c1-27(2,3)8-7-26-13-24-18-16(5-4-6-22-18)20(19(24)25)10-14-9-15(21)12-23-17(14)11-20/h4-6,9,12H,7-8,10-11,13H2,1-3H3. The Balaban J connectivity index is 1.60. The molecule has 0 aromatic carbocycles.